The van der Waals surface area contributed by atoms with Crippen molar-refractivity contribution in [3.05, 3.63) is 64.7 Å². The number of hydrogen-bond acceptors (Lipinski definition) is 7. The molecule has 0 aromatic heterocycles. The second-order valence-electron chi connectivity index (χ2n) is 11.1. The third kappa shape index (κ3) is 8.46. The summed E-state index contributed by atoms with van der Waals surface area (Å²) in [4.78, 5) is 54.1. The fourth-order valence-corrected chi connectivity index (χ4v) is 4.45. The Morgan fingerprint density at radius 2 is 1.70 bits per heavy atom. The summed E-state index contributed by atoms with van der Waals surface area (Å²) >= 11 is 0. The van der Waals surface area contributed by atoms with E-state index in [4.69, 9.17) is 4.74 Å². The molecule has 2 aromatic rings. The van der Waals surface area contributed by atoms with Crippen LogP contribution in [0.3, 0.4) is 0 Å². The van der Waals surface area contributed by atoms with Crippen LogP contribution < -0.4 is 10.6 Å². The van der Waals surface area contributed by atoms with Gasteiger partial charge < -0.3 is 30.1 Å². The maximum atomic E-state index is 14.3. The number of amides is 3. The summed E-state index contributed by atoms with van der Waals surface area (Å²) in [6, 6.07) is 9.59. The molecule has 1 saturated carbocycles. The van der Waals surface area contributed by atoms with Crippen molar-refractivity contribution < 1.29 is 33.8 Å². The van der Waals surface area contributed by atoms with E-state index in [0.29, 0.717) is 24.0 Å². The average molecular weight is 554 g/mol. The van der Waals surface area contributed by atoms with Crippen molar-refractivity contribution in [3.63, 3.8) is 0 Å². The summed E-state index contributed by atoms with van der Waals surface area (Å²) in [6.07, 6.45) is 0.717. The Hall–Kier alpha value is -4.08. The summed E-state index contributed by atoms with van der Waals surface area (Å²) in [7, 11) is 1.23. The minimum atomic E-state index is -1.07. The second-order valence-corrected chi connectivity index (χ2v) is 11.1. The van der Waals surface area contributed by atoms with E-state index in [9.17, 15) is 24.3 Å². The van der Waals surface area contributed by atoms with E-state index in [-0.39, 0.29) is 24.8 Å². The summed E-state index contributed by atoms with van der Waals surface area (Å²) in [6.45, 7) is 8.62. The summed E-state index contributed by atoms with van der Waals surface area (Å²) < 4.78 is 10.1. The quantitative estimate of drug-likeness (QED) is 0.384. The van der Waals surface area contributed by atoms with Crippen LogP contribution in [0.2, 0.25) is 0 Å². The van der Waals surface area contributed by atoms with Gasteiger partial charge in [-0.2, -0.15) is 0 Å². The Morgan fingerprint density at radius 3 is 2.25 bits per heavy atom. The van der Waals surface area contributed by atoms with E-state index in [1.807, 2.05) is 32.0 Å². The van der Waals surface area contributed by atoms with Crippen LogP contribution in [0.4, 0.5) is 4.79 Å². The number of nitrogens with one attached hydrogen (secondary N) is 2. The first kappa shape index (κ1) is 30.5. The average Bonchev–Trinajstić information content (AvgIpc) is 3.70. The van der Waals surface area contributed by atoms with Gasteiger partial charge in [-0.1, -0.05) is 35.9 Å². The monoisotopic (exact) mass is 553 g/mol. The fourth-order valence-electron chi connectivity index (χ4n) is 4.45. The number of aryl methyl sites for hydroxylation is 2. The zero-order chi connectivity index (χ0) is 29.6. The van der Waals surface area contributed by atoms with Gasteiger partial charge in [0.1, 0.15) is 30.0 Å². The lowest BCUT2D eigenvalue weighted by molar-refractivity contribution is -0.145. The van der Waals surface area contributed by atoms with Crippen LogP contribution >= 0.6 is 0 Å². The number of nitrogens with zero attached hydrogens (tertiary/aromatic N) is 1. The number of methoxy groups -OCH3 is 1. The Balaban J connectivity index is 2.03. The van der Waals surface area contributed by atoms with Crippen LogP contribution in [0.15, 0.2) is 42.5 Å². The van der Waals surface area contributed by atoms with Gasteiger partial charge in [0.15, 0.2) is 0 Å². The van der Waals surface area contributed by atoms with E-state index in [1.165, 1.54) is 24.1 Å². The van der Waals surface area contributed by atoms with Crippen molar-refractivity contribution in [1.82, 2.24) is 15.5 Å². The number of rotatable bonds is 10. The molecule has 40 heavy (non-hydrogen) atoms. The Bertz CT molecular complexity index is 1230. The SMILES string of the molecule is COC(=O)CNC(=O)C(c1ccc(C)cc1C)N(C(=O)C(Cc1ccc(O)cc1)NC(=O)OC(C)(C)C)C1CC1. The van der Waals surface area contributed by atoms with Gasteiger partial charge in [0.25, 0.3) is 0 Å². The summed E-state index contributed by atoms with van der Waals surface area (Å²) in [5.74, 6) is -1.53. The number of esters is 1. The predicted molar refractivity (Wildman–Crippen MR) is 149 cm³/mol. The van der Waals surface area contributed by atoms with Gasteiger partial charge in [0.05, 0.1) is 7.11 Å². The van der Waals surface area contributed by atoms with Gasteiger partial charge in [-0.25, -0.2) is 4.79 Å². The number of ether oxygens (including phenoxy) is 2. The first-order chi connectivity index (χ1) is 18.8. The Kier molecular flexibility index (Phi) is 9.78. The van der Waals surface area contributed by atoms with Gasteiger partial charge in [-0.05, 0) is 76.3 Å². The molecule has 0 saturated heterocycles. The molecule has 1 aliphatic carbocycles. The molecule has 1 aliphatic rings. The number of benzene rings is 2. The third-order valence-corrected chi connectivity index (χ3v) is 6.44. The summed E-state index contributed by atoms with van der Waals surface area (Å²) in [5, 5.41) is 15.0. The molecule has 2 aromatic carbocycles. The molecule has 0 heterocycles. The van der Waals surface area contributed by atoms with E-state index in [0.717, 1.165) is 11.1 Å². The second kappa shape index (κ2) is 12.8. The van der Waals surface area contributed by atoms with Crippen LogP contribution in [-0.4, -0.2) is 65.2 Å². The number of aromatic hydroxyl groups is 1. The van der Waals surface area contributed by atoms with E-state index < -0.39 is 41.6 Å². The van der Waals surface area contributed by atoms with Crippen molar-refractivity contribution in [2.45, 2.75) is 77.6 Å². The van der Waals surface area contributed by atoms with Crippen LogP contribution in [-0.2, 0) is 30.3 Å². The van der Waals surface area contributed by atoms with Crippen molar-refractivity contribution in [2.24, 2.45) is 0 Å². The molecular formula is C30H39N3O7. The van der Waals surface area contributed by atoms with Crippen LogP contribution in [0.5, 0.6) is 5.75 Å². The molecule has 3 rings (SSSR count). The lowest BCUT2D eigenvalue weighted by atomic mass is 9.95. The van der Waals surface area contributed by atoms with E-state index in [2.05, 4.69) is 15.4 Å². The maximum absolute atomic E-state index is 14.3. The molecule has 0 radical (unpaired) electrons. The molecule has 2 unspecified atom stereocenters. The normalized spacial score (nSPS) is 14.4. The lowest BCUT2D eigenvalue weighted by Gasteiger charge is -2.35. The van der Waals surface area contributed by atoms with Crippen LogP contribution in [0.1, 0.15) is 61.9 Å². The first-order valence-corrected chi connectivity index (χ1v) is 13.3. The molecule has 0 bridgehead atoms. The Morgan fingerprint density at radius 1 is 1.05 bits per heavy atom. The largest absolute Gasteiger partial charge is 0.508 e. The number of phenols is 1. The topological polar surface area (TPSA) is 134 Å². The molecular weight excluding hydrogens is 514 g/mol. The van der Waals surface area contributed by atoms with Crippen molar-refractivity contribution in [3.8, 4) is 5.75 Å². The molecule has 0 aliphatic heterocycles. The molecule has 1 fully saturated rings. The van der Waals surface area contributed by atoms with Gasteiger partial charge in [-0.3, -0.25) is 14.4 Å². The first-order valence-electron chi connectivity index (χ1n) is 13.3. The minimum absolute atomic E-state index is 0.0727. The highest BCUT2D eigenvalue weighted by Gasteiger charge is 2.44. The van der Waals surface area contributed by atoms with Crippen LogP contribution in [0.25, 0.3) is 0 Å². The molecule has 3 amide bonds. The number of phenolic OH excluding ortho intramolecular Hbond substituents is 1. The standard InChI is InChI=1S/C30H39N3O7/c1-18-7-14-23(19(2)15-18)26(27(36)31-17-25(35)39-6)33(21-10-11-21)28(37)24(32-29(38)40-30(3,4)5)16-20-8-12-22(34)13-9-20/h7-9,12-15,21,24,26,34H,10-11,16-17H2,1-6H3,(H,31,36)(H,32,38). The highest BCUT2D eigenvalue weighted by molar-refractivity contribution is 5.94. The van der Waals surface area contributed by atoms with Gasteiger partial charge in [-0.15, -0.1) is 0 Å². The highest BCUT2D eigenvalue weighted by Crippen LogP contribution is 2.37. The van der Waals surface area contributed by atoms with Gasteiger partial charge >= 0.3 is 12.1 Å². The maximum Gasteiger partial charge on any atom is 0.408 e. The fraction of sp³-hybridized carbons (Fsp3) is 0.467. The lowest BCUT2D eigenvalue weighted by Crippen LogP contribution is -2.54. The molecule has 0 spiro atoms. The third-order valence-electron chi connectivity index (χ3n) is 6.44. The minimum Gasteiger partial charge on any atom is -0.508 e. The predicted octanol–water partition coefficient (Wildman–Crippen LogP) is 3.47. The smallest absolute Gasteiger partial charge is 0.408 e. The van der Waals surface area contributed by atoms with Crippen molar-refractivity contribution >= 4 is 23.9 Å². The van der Waals surface area contributed by atoms with Crippen molar-refractivity contribution in [1.29, 1.82) is 0 Å². The molecule has 3 N–H and O–H groups in total. The van der Waals surface area contributed by atoms with E-state index in [1.54, 1.807) is 32.9 Å². The number of alkyl carbamates (subject to hydrolysis) is 1. The number of hydrogen-bond donors (Lipinski definition) is 3. The zero-order valence-corrected chi connectivity index (χ0v) is 23.9. The zero-order valence-electron chi connectivity index (χ0n) is 23.9. The van der Waals surface area contributed by atoms with Gasteiger partial charge in [0, 0.05) is 12.5 Å². The van der Waals surface area contributed by atoms with Gasteiger partial charge in [0.2, 0.25) is 11.8 Å². The number of carbonyl (C=O) groups excluding carboxylic acids is 4. The summed E-state index contributed by atoms with van der Waals surface area (Å²) in [5.41, 5.74) is 2.33. The number of carbonyl (C=O) groups is 4. The van der Waals surface area contributed by atoms with E-state index >= 15 is 0 Å². The molecule has 10 nitrogen and oxygen atoms in total. The molecule has 10 heteroatoms. The van der Waals surface area contributed by atoms with Crippen molar-refractivity contribution in [2.75, 3.05) is 13.7 Å². The molecule has 2 atom stereocenters. The highest BCUT2D eigenvalue weighted by atomic mass is 16.6. The Labute approximate surface area is 235 Å². The van der Waals surface area contributed by atoms with Crippen LogP contribution in [0, 0.1) is 13.8 Å². The molecule has 216 valence electrons.